The van der Waals surface area contributed by atoms with Crippen LogP contribution >= 0.6 is 0 Å². The van der Waals surface area contributed by atoms with E-state index in [4.69, 9.17) is 5.73 Å². The van der Waals surface area contributed by atoms with E-state index in [1.165, 1.54) is 43.5 Å². The molecular formula is C14H25N3. The number of pyridine rings is 1. The molecule has 0 aliphatic heterocycles. The molecule has 0 saturated carbocycles. The van der Waals surface area contributed by atoms with Crippen LogP contribution in [0, 0.1) is 0 Å². The van der Waals surface area contributed by atoms with Crippen LogP contribution in [0.5, 0.6) is 0 Å². The van der Waals surface area contributed by atoms with Gasteiger partial charge in [-0.1, -0.05) is 12.8 Å². The van der Waals surface area contributed by atoms with E-state index in [2.05, 4.69) is 30.0 Å². The van der Waals surface area contributed by atoms with Gasteiger partial charge in [-0.05, 0) is 57.6 Å². The average molecular weight is 235 g/mol. The van der Waals surface area contributed by atoms with E-state index in [1.807, 2.05) is 12.3 Å². The van der Waals surface area contributed by atoms with Crippen LogP contribution in [0.4, 0.5) is 0 Å². The Kier molecular flexibility index (Phi) is 6.82. The minimum Gasteiger partial charge on any atom is -0.326 e. The summed E-state index contributed by atoms with van der Waals surface area (Å²) in [7, 11) is 4.25. The molecule has 0 fully saturated rings. The van der Waals surface area contributed by atoms with Crippen molar-refractivity contribution < 1.29 is 0 Å². The molecule has 0 radical (unpaired) electrons. The van der Waals surface area contributed by atoms with E-state index in [0.29, 0.717) is 6.54 Å². The number of aromatic nitrogens is 1. The lowest BCUT2D eigenvalue weighted by atomic mass is 10.1. The van der Waals surface area contributed by atoms with E-state index >= 15 is 0 Å². The SMILES string of the molecule is CN(C)CCCCCCc1cc(CN)ccn1. The van der Waals surface area contributed by atoms with Crippen molar-refractivity contribution in [3.05, 3.63) is 29.6 Å². The first-order valence-electron chi connectivity index (χ1n) is 6.51. The predicted molar refractivity (Wildman–Crippen MR) is 72.9 cm³/mol. The average Bonchev–Trinajstić information content (AvgIpc) is 2.33. The molecule has 0 saturated heterocycles. The van der Waals surface area contributed by atoms with Gasteiger partial charge in [0, 0.05) is 18.4 Å². The summed E-state index contributed by atoms with van der Waals surface area (Å²) in [6.07, 6.45) is 8.08. The number of nitrogens with two attached hydrogens (primary N) is 1. The Labute approximate surface area is 105 Å². The van der Waals surface area contributed by atoms with Crippen molar-refractivity contribution in [3.8, 4) is 0 Å². The van der Waals surface area contributed by atoms with Crippen LogP contribution < -0.4 is 5.73 Å². The second kappa shape index (κ2) is 8.20. The molecule has 3 heteroatoms. The number of aryl methyl sites for hydroxylation is 1. The zero-order chi connectivity index (χ0) is 12.5. The highest BCUT2D eigenvalue weighted by Gasteiger charge is 1.97. The molecule has 0 aliphatic rings. The van der Waals surface area contributed by atoms with Crippen molar-refractivity contribution >= 4 is 0 Å². The second-order valence-electron chi connectivity index (χ2n) is 4.83. The van der Waals surface area contributed by atoms with Crippen LogP contribution in [0.1, 0.15) is 36.9 Å². The van der Waals surface area contributed by atoms with Gasteiger partial charge in [-0.25, -0.2) is 0 Å². The topological polar surface area (TPSA) is 42.1 Å². The number of rotatable bonds is 8. The molecule has 1 rings (SSSR count). The molecule has 1 aromatic rings. The first-order valence-corrected chi connectivity index (χ1v) is 6.51. The fourth-order valence-corrected chi connectivity index (χ4v) is 1.88. The van der Waals surface area contributed by atoms with Gasteiger partial charge >= 0.3 is 0 Å². The first kappa shape index (κ1) is 14.1. The number of hydrogen-bond acceptors (Lipinski definition) is 3. The van der Waals surface area contributed by atoms with Crippen LogP contribution in [0.3, 0.4) is 0 Å². The first-order chi connectivity index (χ1) is 8.22. The maximum absolute atomic E-state index is 5.61. The maximum atomic E-state index is 5.61. The van der Waals surface area contributed by atoms with Gasteiger partial charge in [0.05, 0.1) is 0 Å². The molecule has 0 aromatic carbocycles. The van der Waals surface area contributed by atoms with Crippen molar-refractivity contribution in [1.29, 1.82) is 0 Å². The molecule has 0 bridgehead atoms. The summed E-state index contributed by atoms with van der Waals surface area (Å²) in [6, 6.07) is 4.11. The standard InChI is InChI=1S/C14H25N3/c1-17(2)10-6-4-3-5-7-14-11-13(12-15)8-9-16-14/h8-9,11H,3-7,10,12,15H2,1-2H3. The summed E-state index contributed by atoms with van der Waals surface area (Å²) in [5, 5.41) is 0. The van der Waals surface area contributed by atoms with Gasteiger partial charge in [0.15, 0.2) is 0 Å². The van der Waals surface area contributed by atoms with E-state index in [1.54, 1.807) is 0 Å². The van der Waals surface area contributed by atoms with Crippen molar-refractivity contribution in [2.45, 2.75) is 38.6 Å². The largest absolute Gasteiger partial charge is 0.326 e. The fourth-order valence-electron chi connectivity index (χ4n) is 1.88. The van der Waals surface area contributed by atoms with Gasteiger partial charge in [0.25, 0.3) is 0 Å². The zero-order valence-electron chi connectivity index (χ0n) is 11.2. The Bertz CT molecular complexity index is 310. The van der Waals surface area contributed by atoms with E-state index in [9.17, 15) is 0 Å². The number of unbranched alkanes of at least 4 members (excludes halogenated alkanes) is 3. The summed E-state index contributed by atoms with van der Waals surface area (Å²) in [5.74, 6) is 0. The number of hydrogen-bond donors (Lipinski definition) is 1. The Morgan fingerprint density at radius 2 is 1.94 bits per heavy atom. The van der Waals surface area contributed by atoms with E-state index < -0.39 is 0 Å². The Hall–Kier alpha value is -0.930. The third-order valence-corrected chi connectivity index (χ3v) is 2.90. The highest BCUT2D eigenvalue weighted by atomic mass is 15.0. The Morgan fingerprint density at radius 1 is 1.18 bits per heavy atom. The molecule has 0 spiro atoms. The molecule has 2 N–H and O–H groups in total. The summed E-state index contributed by atoms with van der Waals surface area (Å²) in [4.78, 5) is 6.61. The van der Waals surface area contributed by atoms with Crippen molar-refractivity contribution in [2.75, 3.05) is 20.6 Å². The molecule has 0 aliphatic carbocycles. The summed E-state index contributed by atoms with van der Waals surface area (Å²) in [5.41, 5.74) is 7.97. The normalized spacial score (nSPS) is 11.1. The quantitative estimate of drug-likeness (QED) is 0.702. The van der Waals surface area contributed by atoms with Crippen LogP contribution in [0.25, 0.3) is 0 Å². The summed E-state index contributed by atoms with van der Waals surface area (Å²) >= 11 is 0. The molecule has 1 heterocycles. The van der Waals surface area contributed by atoms with Crippen molar-refractivity contribution in [3.63, 3.8) is 0 Å². The van der Waals surface area contributed by atoms with Crippen LogP contribution in [0.2, 0.25) is 0 Å². The molecule has 3 nitrogen and oxygen atoms in total. The van der Waals surface area contributed by atoms with Crippen LogP contribution in [-0.2, 0) is 13.0 Å². The third kappa shape index (κ3) is 6.39. The molecule has 17 heavy (non-hydrogen) atoms. The van der Waals surface area contributed by atoms with Gasteiger partial charge in [-0.3, -0.25) is 4.98 Å². The minimum absolute atomic E-state index is 0.609. The van der Waals surface area contributed by atoms with Gasteiger partial charge in [0.1, 0.15) is 0 Å². The van der Waals surface area contributed by atoms with Gasteiger partial charge in [-0.15, -0.1) is 0 Å². The lowest BCUT2D eigenvalue weighted by Gasteiger charge is -2.08. The van der Waals surface area contributed by atoms with Crippen LogP contribution in [-0.4, -0.2) is 30.5 Å². The molecule has 96 valence electrons. The Morgan fingerprint density at radius 3 is 2.65 bits per heavy atom. The van der Waals surface area contributed by atoms with Gasteiger partial charge in [-0.2, -0.15) is 0 Å². The van der Waals surface area contributed by atoms with Crippen molar-refractivity contribution in [1.82, 2.24) is 9.88 Å². The smallest absolute Gasteiger partial charge is 0.0406 e. The summed E-state index contributed by atoms with van der Waals surface area (Å²) in [6.45, 7) is 1.80. The molecule has 0 amide bonds. The third-order valence-electron chi connectivity index (χ3n) is 2.90. The second-order valence-corrected chi connectivity index (χ2v) is 4.83. The lowest BCUT2D eigenvalue weighted by molar-refractivity contribution is 0.390. The predicted octanol–water partition coefficient (Wildman–Crippen LogP) is 2.20. The van der Waals surface area contributed by atoms with Crippen LogP contribution in [0.15, 0.2) is 18.3 Å². The van der Waals surface area contributed by atoms with Gasteiger partial charge < -0.3 is 10.6 Å². The van der Waals surface area contributed by atoms with Gasteiger partial charge in [0.2, 0.25) is 0 Å². The zero-order valence-corrected chi connectivity index (χ0v) is 11.2. The highest BCUT2D eigenvalue weighted by Crippen LogP contribution is 2.07. The maximum Gasteiger partial charge on any atom is 0.0406 e. The molecule has 0 unspecified atom stereocenters. The Balaban J connectivity index is 2.13. The van der Waals surface area contributed by atoms with Crippen molar-refractivity contribution in [2.24, 2.45) is 5.73 Å². The lowest BCUT2D eigenvalue weighted by Crippen LogP contribution is -2.12. The molecule has 1 aromatic heterocycles. The van der Waals surface area contributed by atoms with E-state index in [-0.39, 0.29) is 0 Å². The monoisotopic (exact) mass is 235 g/mol. The molecule has 0 atom stereocenters. The fraction of sp³-hybridized carbons (Fsp3) is 0.643. The number of nitrogens with zero attached hydrogens (tertiary/aromatic N) is 2. The highest BCUT2D eigenvalue weighted by molar-refractivity contribution is 5.15. The minimum atomic E-state index is 0.609. The van der Waals surface area contributed by atoms with E-state index in [0.717, 1.165) is 6.42 Å². The summed E-state index contributed by atoms with van der Waals surface area (Å²) < 4.78 is 0. The molecular weight excluding hydrogens is 210 g/mol.